The minimum Gasteiger partial charge on any atom is -0.336 e. The van der Waals surface area contributed by atoms with Crippen molar-refractivity contribution in [2.75, 3.05) is 26.7 Å². The second-order valence-electron chi connectivity index (χ2n) is 5.85. The smallest absolute Gasteiger partial charge is 0.254 e. The molecule has 1 saturated heterocycles. The van der Waals surface area contributed by atoms with Crippen molar-refractivity contribution in [3.8, 4) is 0 Å². The average molecular weight is 363 g/mol. The molecule has 1 aromatic heterocycles. The third-order valence-electron chi connectivity index (χ3n) is 4.34. The Morgan fingerprint density at radius 1 is 1.32 bits per heavy atom. The highest BCUT2D eigenvalue weighted by atomic mass is 32.2. The predicted molar refractivity (Wildman–Crippen MR) is 92.5 cm³/mol. The minimum absolute atomic E-state index is 0.132. The van der Waals surface area contributed by atoms with Gasteiger partial charge in [0.05, 0.1) is 4.90 Å². The van der Waals surface area contributed by atoms with E-state index in [1.165, 1.54) is 19.2 Å². The molecule has 1 aromatic carbocycles. The van der Waals surface area contributed by atoms with Crippen LogP contribution in [0.5, 0.6) is 0 Å². The lowest BCUT2D eigenvalue weighted by Crippen LogP contribution is -2.49. The standard InChI is InChI=1S/C16H21N5O3S/c1-17-25(23,24)13-5-3-12(4-6-13)16(22)21-10-7-18-11-14(21)15-19-8-9-20(15)2/h3-6,8-9,14,17-18H,7,10-11H2,1-2H3. The van der Waals surface area contributed by atoms with Gasteiger partial charge in [-0.2, -0.15) is 0 Å². The normalized spacial score (nSPS) is 18.3. The molecule has 0 aliphatic carbocycles. The lowest BCUT2D eigenvalue weighted by molar-refractivity contribution is 0.0621. The Morgan fingerprint density at radius 3 is 2.64 bits per heavy atom. The van der Waals surface area contributed by atoms with Crippen LogP contribution in [0, 0.1) is 0 Å². The van der Waals surface area contributed by atoms with Crippen LogP contribution < -0.4 is 10.0 Å². The summed E-state index contributed by atoms with van der Waals surface area (Å²) in [5.41, 5.74) is 0.455. The Labute approximate surface area is 146 Å². The third kappa shape index (κ3) is 3.44. The van der Waals surface area contributed by atoms with Crippen molar-refractivity contribution < 1.29 is 13.2 Å². The fourth-order valence-electron chi connectivity index (χ4n) is 2.94. The van der Waals surface area contributed by atoms with E-state index in [0.717, 1.165) is 5.82 Å². The number of hydrogen-bond acceptors (Lipinski definition) is 5. The van der Waals surface area contributed by atoms with Gasteiger partial charge in [-0.1, -0.05) is 0 Å². The summed E-state index contributed by atoms with van der Waals surface area (Å²) >= 11 is 0. The van der Waals surface area contributed by atoms with E-state index in [4.69, 9.17) is 0 Å². The predicted octanol–water partition coefficient (Wildman–Crippen LogP) is 0.115. The van der Waals surface area contributed by atoms with E-state index in [1.54, 1.807) is 23.2 Å². The van der Waals surface area contributed by atoms with Crippen molar-refractivity contribution in [2.24, 2.45) is 7.05 Å². The Bertz CT molecular complexity index is 860. The van der Waals surface area contributed by atoms with Crippen molar-refractivity contribution in [3.63, 3.8) is 0 Å². The van der Waals surface area contributed by atoms with Crippen molar-refractivity contribution in [3.05, 3.63) is 48.0 Å². The molecule has 0 spiro atoms. The fourth-order valence-corrected chi connectivity index (χ4v) is 3.67. The highest BCUT2D eigenvalue weighted by Crippen LogP contribution is 2.23. The summed E-state index contributed by atoms with van der Waals surface area (Å²) in [7, 11) is -0.262. The Hall–Kier alpha value is -2.23. The van der Waals surface area contributed by atoms with Crippen LogP contribution in [-0.2, 0) is 17.1 Å². The van der Waals surface area contributed by atoms with Crippen LogP contribution in [0.2, 0.25) is 0 Å². The molecule has 2 heterocycles. The Morgan fingerprint density at radius 2 is 2.04 bits per heavy atom. The summed E-state index contributed by atoms with van der Waals surface area (Å²) in [6, 6.07) is 5.81. The highest BCUT2D eigenvalue weighted by Gasteiger charge is 2.31. The molecule has 3 rings (SSSR count). The first-order valence-corrected chi connectivity index (χ1v) is 9.45. The lowest BCUT2D eigenvalue weighted by atomic mass is 10.1. The van der Waals surface area contributed by atoms with Gasteiger partial charge in [-0.25, -0.2) is 18.1 Å². The number of aryl methyl sites for hydroxylation is 1. The van der Waals surface area contributed by atoms with E-state index in [2.05, 4.69) is 15.0 Å². The number of sulfonamides is 1. The van der Waals surface area contributed by atoms with Crippen molar-refractivity contribution >= 4 is 15.9 Å². The first kappa shape index (κ1) is 17.6. The van der Waals surface area contributed by atoms with Gasteiger partial charge < -0.3 is 14.8 Å². The van der Waals surface area contributed by atoms with E-state index in [1.807, 2.05) is 17.8 Å². The summed E-state index contributed by atoms with van der Waals surface area (Å²) in [5, 5.41) is 3.29. The van der Waals surface area contributed by atoms with E-state index < -0.39 is 10.0 Å². The molecular weight excluding hydrogens is 342 g/mol. The number of hydrogen-bond donors (Lipinski definition) is 2. The van der Waals surface area contributed by atoms with Gasteiger partial charge in [0.2, 0.25) is 10.0 Å². The molecular formula is C16H21N5O3S. The summed E-state index contributed by atoms with van der Waals surface area (Å²) in [4.78, 5) is 19.2. The van der Waals surface area contributed by atoms with Gasteiger partial charge in [-0.3, -0.25) is 4.79 Å². The number of nitrogens with one attached hydrogen (secondary N) is 2. The molecule has 25 heavy (non-hydrogen) atoms. The summed E-state index contributed by atoms with van der Waals surface area (Å²) in [5.74, 6) is 0.679. The number of nitrogens with zero attached hydrogens (tertiary/aromatic N) is 3. The number of piperazine rings is 1. The molecule has 0 radical (unpaired) electrons. The number of carbonyl (C=O) groups excluding carboxylic acids is 1. The number of imidazole rings is 1. The van der Waals surface area contributed by atoms with Crippen molar-refractivity contribution in [2.45, 2.75) is 10.9 Å². The molecule has 0 bridgehead atoms. The van der Waals surface area contributed by atoms with Gasteiger partial charge in [0.25, 0.3) is 5.91 Å². The molecule has 1 aliphatic rings. The fraction of sp³-hybridized carbons (Fsp3) is 0.375. The van der Waals surface area contributed by atoms with Gasteiger partial charge in [0, 0.05) is 44.6 Å². The zero-order valence-electron chi connectivity index (χ0n) is 14.1. The second kappa shape index (κ2) is 6.95. The summed E-state index contributed by atoms with van der Waals surface area (Å²) in [6.45, 7) is 1.90. The molecule has 9 heteroatoms. The molecule has 1 fully saturated rings. The first-order chi connectivity index (χ1) is 11.9. The number of aromatic nitrogens is 2. The van der Waals surface area contributed by atoms with E-state index in [-0.39, 0.29) is 16.8 Å². The zero-order chi connectivity index (χ0) is 18.0. The number of benzene rings is 1. The van der Waals surface area contributed by atoms with Crippen molar-refractivity contribution in [1.82, 2.24) is 24.5 Å². The summed E-state index contributed by atoms with van der Waals surface area (Å²) < 4.78 is 27.8. The number of rotatable bonds is 4. The first-order valence-electron chi connectivity index (χ1n) is 7.96. The quantitative estimate of drug-likeness (QED) is 0.804. The van der Waals surface area contributed by atoms with Crippen LogP contribution in [0.3, 0.4) is 0 Å². The number of amides is 1. The maximum absolute atomic E-state index is 12.9. The average Bonchev–Trinajstić information content (AvgIpc) is 3.07. The molecule has 1 unspecified atom stereocenters. The minimum atomic E-state index is -3.52. The van der Waals surface area contributed by atoms with E-state index in [0.29, 0.717) is 25.2 Å². The molecule has 1 aliphatic heterocycles. The van der Waals surface area contributed by atoms with Crippen LogP contribution in [0.1, 0.15) is 22.2 Å². The monoisotopic (exact) mass is 363 g/mol. The molecule has 8 nitrogen and oxygen atoms in total. The van der Waals surface area contributed by atoms with Crippen LogP contribution in [0.25, 0.3) is 0 Å². The van der Waals surface area contributed by atoms with E-state index in [9.17, 15) is 13.2 Å². The second-order valence-corrected chi connectivity index (χ2v) is 7.73. The van der Waals surface area contributed by atoms with Crippen LogP contribution in [-0.4, -0.2) is 55.5 Å². The Balaban J connectivity index is 1.87. The van der Waals surface area contributed by atoms with Crippen LogP contribution in [0.4, 0.5) is 0 Å². The van der Waals surface area contributed by atoms with Crippen LogP contribution >= 0.6 is 0 Å². The largest absolute Gasteiger partial charge is 0.336 e. The highest BCUT2D eigenvalue weighted by molar-refractivity contribution is 7.89. The molecule has 1 atom stereocenters. The maximum atomic E-state index is 12.9. The zero-order valence-corrected chi connectivity index (χ0v) is 15.0. The van der Waals surface area contributed by atoms with Gasteiger partial charge in [-0.05, 0) is 31.3 Å². The lowest BCUT2D eigenvalue weighted by Gasteiger charge is -2.35. The third-order valence-corrected chi connectivity index (χ3v) is 5.77. The molecule has 2 aromatic rings. The number of carbonyl (C=O) groups is 1. The Kier molecular flexibility index (Phi) is 4.89. The van der Waals surface area contributed by atoms with Gasteiger partial charge in [0.15, 0.2) is 0 Å². The van der Waals surface area contributed by atoms with Gasteiger partial charge in [0.1, 0.15) is 11.9 Å². The molecule has 1 amide bonds. The molecule has 134 valence electrons. The molecule has 2 N–H and O–H groups in total. The molecule has 0 saturated carbocycles. The van der Waals surface area contributed by atoms with Gasteiger partial charge >= 0.3 is 0 Å². The topological polar surface area (TPSA) is 96.3 Å². The van der Waals surface area contributed by atoms with E-state index >= 15 is 0 Å². The summed E-state index contributed by atoms with van der Waals surface area (Å²) in [6.07, 6.45) is 3.56. The SMILES string of the molecule is CNS(=O)(=O)c1ccc(C(=O)N2CCNCC2c2nccn2C)cc1. The van der Waals surface area contributed by atoms with Crippen molar-refractivity contribution in [1.29, 1.82) is 0 Å². The maximum Gasteiger partial charge on any atom is 0.254 e. The van der Waals surface area contributed by atoms with Gasteiger partial charge in [-0.15, -0.1) is 0 Å². The van der Waals surface area contributed by atoms with Crippen LogP contribution in [0.15, 0.2) is 41.6 Å².